The molecule has 44 heavy (non-hydrogen) atoms. The number of hydrogen-bond donors (Lipinski definition) is 1. The highest BCUT2D eigenvalue weighted by molar-refractivity contribution is 5.96. The SMILES string of the molecule is Cc1c(-c2cccc(Oc3ccccn3)c2)n[nH]c1-c1ccc2c(c1)C1(c3ccccc3-c3ccccc31)c1ccccc1-2. The lowest BCUT2D eigenvalue weighted by Crippen LogP contribution is -2.25. The fraction of sp³-hybridized carbons (Fsp3) is 0.0500. The van der Waals surface area contributed by atoms with Crippen LogP contribution < -0.4 is 4.74 Å². The van der Waals surface area contributed by atoms with Crippen LogP contribution in [0.5, 0.6) is 11.6 Å². The van der Waals surface area contributed by atoms with E-state index in [0.717, 1.165) is 33.8 Å². The van der Waals surface area contributed by atoms with Gasteiger partial charge in [0.05, 0.1) is 16.8 Å². The molecule has 1 spiro atoms. The van der Waals surface area contributed by atoms with Gasteiger partial charge in [-0.25, -0.2) is 4.98 Å². The molecule has 0 radical (unpaired) electrons. The summed E-state index contributed by atoms with van der Waals surface area (Å²) < 4.78 is 6.01. The standard InChI is InChI=1S/C40H27N3O/c1-25-38(26-11-10-12-28(23-26)44-37-19-8-9-22-41-37)42-43-39(25)27-20-21-32-31-15-4-7-18-35(31)40(36(32)24-27)33-16-5-2-13-29(33)30-14-3-6-17-34(30)40/h2-24H,1H3,(H,42,43). The molecule has 0 amide bonds. The normalized spacial score (nSPS) is 13.3. The van der Waals surface area contributed by atoms with E-state index in [1.165, 1.54) is 44.5 Å². The summed E-state index contributed by atoms with van der Waals surface area (Å²) in [4.78, 5) is 4.30. The lowest BCUT2D eigenvalue weighted by Gasteiger charge is -2.30. The molecule has 0 fully saturated rings. The number of pyridine rings is 1. The molecule has 9 rings (SSSR count). The first-order valence-electron chi connectivity index (χ1n) is 14.9. The number of fused-ring (bicyclic) bond motifs is 10. The van der Waals surface area contributed by atoms with Gasteiger partial charge in [0.1, 0.15) is 5.75 Å². The topological polar surface area (TPSA) is 50.8 Å². The molecule has 4 heteroatoms. The molecule has 0 unspecified atom stereocenters. The first-order valence-corrected chi connectivity index (χ1v) is 14.9. The highest BCUT2D eigenvalue weighted by Gasteiger charge is 2.51. The van der Waals surface area contributed by atoms with Crippen LogP contribution in [0.3, 0.4) is 0 Å². The van der Waals surface area contributed by atoms with E-state index >= 15 is 0 Å². The number of aromatic amines is 1. The minimum absolute atomic E-state index is 0.372. The Kier molecular flexibility index (Phi) is 5.29. The van der Waals surface area contributed by atoms with Gasteiger partial charge in [-0.2, -0.15) is 5.10 Å². The third kappa shape index (κ3) is 3.39. The molecule has 2 aromatic heterocycles. The molecule has 2 aliphatic carbocycles. The lowest BCUT2D eigenvalue weighted by atomic mass is 9.70. The van der Waals surface area contributed by atoms with Crippen LogP contribution in [-0.4, -0.2) is 15.2 Å². The van der Waals surface area contributed by atoms with E-state index in [9.17, 15) is 0 Å². The van der Waals surface area contributed by atoms with E-state index in [2.05, 4.69) is 114 Å². The van der Waals surface area contributed by atoms with Gasteiger partial charge in [0.15, 0.2) is 0 Å². The zero-order valence-electron chi connectivity index (χ0n) is 24.1. The fourth-order valence-corrected chi connectivity index (χ4v) is 7.45. The Morgan fingerprint density at radius 1 is 0.568 bits per heavy atom. The summed E-state index contributed by atoms with van der Waals surface area (Å²) in [5.74, 6) is 1.29. The molecule has 5 aromatic carbocycles. The van der Waals surface area contributed by atoms with Crippen LogP contribution in [-0.2, 0) is 5.41 Å². The minimum atomic E-state index is -0.372. The van der Waals surface area contributed by atoms with Gasteiger partial charge in [0.2, 0.25) is 5.88 Å². The molecule has 4 nitrogen and oxygen atoms in total. The van der Waals surface area contributed by atoms with Crippen molar-refractivity contribution in [2.45, 2.75) is 12.3 Å². The van der Waals surface area contributed by atoms with Crippen molar-refractivity contribution in [1.29, 1.82) is 0 Å². The zero-order valence-corrected chi connectivity index (χ0v) is 24.1. The summed E-state index contributed by atoms with van der Waals surface area (Å²) in [7, 11) is 0. The average Bonchev–Trinajstić information content (AvgIpc) is 3.71. The summed E-state index contributed by atoms with van der Waals surface area (Å²) >= 11 is 0. The van der Waals surface area contributed by atoms with Crippen molar-refractivity contribution >= 4 is 0 Å². The van der Waals surface area contributed by atoms with E-state index in [0.29, 0.717) is 5.88 Å². The van der Waals surface area contributed by atoms with Crippen molar-refractivity contribution in [1.82, 2.24) is 15.2 Å². The smallest absolute Gasteiger partial charge is 0.219 e. The Morgan fingerprint density at radius 2 is 1.20 bits per heavy atom. The number of aromatic nitrogens is 3. The molecule has 0 saturated heterocycles. The number of hydrogen-bond acceptors (Lipinski definition) is 3. The van der Waals surface area contributed by atoms with Crippen molar-refractivity contribution in [2.75, 3.05) is 0 Å². The van der Waals surface area contributed by atoms with Crippen LogP contribution in [0.1, 0.15) is 27.8 Å². The molecular weight excluding hydrogens is 538 g/mol. The predicted octanol–water partition coefficient (Wildman–Crippen LogP) is 9.58. The third-order valence-corrected chi connectivity index (χ3v) is 9.26. The highest BCUT2D eigenvalue weighted by Crippen LogP contribution is 2.63. The van der Waals surface area contributed by atoms with E-state index in [1.54, 1.807) is 6.20 Å². The van der Waals surface area contributed by atoms with Crippen LogP contribution in [0.4, 0.5) is 0 Å². The quantitative estimate of drug-likeness (QED) is 0.231. The maximum Gasteiger partial charge on any atom is 0.219 e. The number of nitrogens with one attached hydrogen (secondary N) is 1. The zero-order chi connectivity index (χ0) is 29.3. The monoisotopic (exact) mass is 565 g/mol. The van der Waals surface area contributed by atoms with Gasteiger partial charge in [0, 0.05) is 29.0 Å². The first-order chi connectivity index (χ1) is 21.7. The van der Waals surface area contributed by atoms with Crippen molar-refractivity contribution in [3.63, 3.8) is 0 Å². The largest absolute Gasteiger partial charge is 0.439 e. The molecule has 0 saturated carbocycles. The van der Waals surface area contributed by atoms with Crippen LogP contribution >= 0.6 is 0 Å². The molecule has 0 aliphatic heterocycles. The molecule has 7 aromatic rings. The average molecular weight is 566 g/mol. The van der Waals surface area contributed by atoms with Gasteiger partial charge in [-0.05, 0) is 75.7 Å². The molecular formula is C40H27N3O. The van der Waals surface area contributed by atoms with Crippen molar-refractivity contribution < 1.29 is 4.74 Å². The predicted molar refractivity (Wildman–Crippen MR) is 175 cm³/mol. The highest BCUT2D eigenvalue weighted by atomic mass is 16.5. The number of benzene rings is 5. The molecule has 208 valence electrons. The Labute approximate surface area is 255 Å². The van der Waals surface area contributed by atoms with E-state index in [1.807, 2.05) is 36.4 Å². The Hall–Kier alpha value is -5.74. The van der Waals surface area contributed by atoms with E-state index in [4.69, 9.17) is 9.84 Å². The molecule has 2 heterocycles. The second-order valence-corrected chi connectivity index (χ2v) is 11.5. The van der Waals surface area contributed by atoms with Crippen molar-refractivity contribution in [3.8, 4) is 56.4 Å². The summed E-state index contributed by atoms with van der Waals surface area (Å²) in [6.45, 7) is 2.14. The molecule has 0 bridgehead atoms. The number of rotatable bonds is 4. The molecule has 2 aliphatic rings. The van der Waals surface area contributed by atoms with Crippen molar-refractivity contribution in [2.24, 2.45) is 0 Å². The number of nitrogens with zero attached hydrogens (tertiary/aromatic N) is 2. The van der Waals surface area contributed by atoms with E-state index in [-0.39, 0.29) is 5.41 Å². The van der Waals surface area contributed by atoms with Gasteiger partial charge in [-0.1, -0.05) is 103 Å². The fourth-order valence-electron chi connectivity index (χ4n) is 7.45. The van der Waals surface area contributed by atoms with Gasteiger partial charge in [-0.15, -0.1) is 0 Å². The second-order valence-electron chi connectivity index (χ2n) is 11.5. The minimum Gasteiger partial charge on any atom is -0.439 e. The van der Waals surface area contributed by atoms with E-state index < -0.39 is 0 Å². The van der Waals surface area contributed by atoms with Crippen LogP contribution in [0.15, 0.2) is 140 Å². The summed E-state index contributed by atoms with van der Waals surface area (Å²) in [6.07, 6.45) is 1.73. The Morgan fingerprint density at radius 3 is 1.86 bits per heavy atom. The molecule has 0 atom stereocenters. The Balaban J connectivity index is 1.19. The molecule has 1 N–H and O–H groups in total. The van der Waals surface area contributed by atoms with Crippen LogP contribution in [0, 0.1) is 6.92 Å². The summed E-state index contributed by atoms with van der Waals surface area (Å²) in [6, 6.07) is 47.3. The van der Waals surface area contributed by atoms with Crippen molar-refractivity contribution in [3.05, 3.63) is 167 Å². The third-order valence-electron chi connectivity index (χ3n) is 9.26. The lowest BCUT2D eigenvalue weighted by molar-refractivity contribution is 0.463. The maximum atomic E-state index is 6.01. The summed E-state index contributed by atoms with van der Waals surface area (Å²) in [5.41, 5.74) is 15.3. The van der Waals surface area contributed by atoms with Gasteiger partial charge < -0.3 is 4.74 Å². The second kappa shape index (κ2) is 9.38. The summed E-state index contributed by atoms with van der Waals surface area (Å²) in [5, 5.41) is 8.19. The first kappa shape index (κ1) is 24.8. The van der Waals surface area contributed by atoms with Crippen LogP contribution in [0.2, 0.25) is 0 Å². The number of H-pyrrole nitrogens is 1. The van der Waals surface area contributed by atoms with Gasteiger partial charge in [0.25, 0.3) is 0 Å². The van der Waals surface area contributed by atoms with Crippen LogP contribution in [0.25, 0.3) is 44.8 Å². The van der Waals surface area contributed by atoms with Gasteiger partial charge >= 0.3 is 0 Å². The maximum absolute atomic E-state index is 6.01. The van der Waals surface area contributed by atoms with Gasteiger partial charge in [-0.3, -0.25) is 5.10 Å². The Bertz CT molecular complexity index is 2170. The number of ether oxygens (including phenoxy) is 1.